The van der Waals surface area contributed by atoms with Crippen LogP contribution in [0, 0.1) is 5.92 Å². The number of anilines is 1. The Balaban J connectivity index is 1.16. The van der Waals surface area contributed by atoms with Crippen molar-refractivity contribution < 1.29 is 16.8 Å². The summed E-state index contributed by atoms with van der Waals surface area (Å²) in [6.07, 6.45) is 7.19. The third-order valence-corrected chi connectivity index (χ3v) is 11.8. The zero-order valence-electron chi connectivity index (χ0n) is 20.5. The molecular formula is C25H33N5O4S2. The Labute approximate surface area is 212 Å². The Morgan fingerprint density at radius 3 is 2.50 bits per heavy atom. The maximum atomic E-state index is 13.2. The lowest BCUT2D eigenvalue weighted by Crippen LogP contribution is -2.39. The van der Waals surface area contributed by atoms with Gasteiger partial charge in [-0.15, -0.1) is 0 Å². The van der Waals surface area contributed by atoms with E-state index in [1.54, 1.807) is 18.5 Å². The number of sulfonamides is 1. The second-order valence-corrected chi connectivity index (χ2v) is 14.4. The molecule has 1 aliphatic carbocycles. The molecule has 194 valence electrons. The van der Waals surface area contributed by atoms with Crippen molar-refractivity contribution in [1.82, 2.24) is 19.3 Å². The van der Waals surface area contributed by atoms with Crippen LogP contribution in [0.25, 0.3) is 11.0 Å². The molecule has 0 amide bonds. The molecule has 1 saturated carbocycles. The van der Waals surface area contributed by atoms with Crippen molar-refractivity contribution in [3.8, 4) is 0 Å². The van der Waals surface area contributed by atoms with Crippen molar-refractivity contribution in [1.29, 1.82) is 0 Å². The number of aromatic amines is 1. The molecule has 1 aromatic carbocycles. The monoisotopic (exact) mass is 531 g/mol. The largest absolute Gasteiger partial charge is 0.356 e. The van der Waals surface area contributed by atoms with E-state index in [4.69, 9.17) is 0 Å². The molecule has 0 bridgehead atoms. The number of fused-ring (bicyclic) bond motifs is 1. The molecule has 5 rings (SSSR count). The third-order valence-electron chi connectivity index (χ3n) is 7.70. The summed E-state index contributed by atoms with van der Waals surface area (Å²) in [4.78, 5) is 14.0. The van der Waals surface area contributed by atoms with Gasteiger partial charge in [0, 0.05) is 32.4 Å². The molecule has 1 aliphatic heterocycles. The predicted molar refractivity (Wildman–Crippen MR) is 141 cm³/mol. The number of nitrogens with zero attached hydrogens (tertiary/aromatic N) is 4. The van der Waals surface area contributed by atoms with Gasteiger partial charge >= 0.3 is 0 Å². The number of nitrogens with one attached hydrogen (secondary N) is 1. The van der Waals surface area contributed by atoms with Crippen LogP contribution >= 0.6 is 0 Å². The summed E-state index contributed by atoms with van der Waals surface area (Å²) in [6, 6.07) is 11.3. The van der Waals surface area contributed by atoms with E-state index < -0.39 is 25.1 Å². The first kappa shape index (κ1) is 25.2. The molecule has 9 nitrogen and oxygen atoms in total. The average Bonchev–Trinajstić information content (AvgIpc) is 3.55. The zero-order valence-corrected chi connectivity index (χ0v) is 22.1. The van der Waals surface area contributed by atoms with Crippen LogP contribution in [-0.4, -0.2) is 73.3 Å². The molecule has 2 aliphatic rings. The maximum absolute atomic E-state index is 13.2. The molecule has 3 heterocycles. The van der Waals surface area contributed by atoms with Gasteiger partial charge in [0.05, 0.1) is 22.1 Å². The first-order valence-electron chi connectivity index (χ1n) is 12.5. The molecule has 1 saturated heterocycles. The average molecular weight is 532 g/mol. The number of aromatic nitrogens is 3. The molecule has 1 N–H and O–H groups in total. The lowest BCUT2D eigenvalue weighted by molar-refractivity contribution is 0.336. The van der Waals surface area contributed by atoms with Gasteiger partial charge in [0.15, 0.2) is 9.84 Å². The van der Waals surface area contributed by atoms with Gasteiger partial charge in [-0.2, -0.15) is 0 Å². The number of sulfone groups is 1. The van der Waals surface area contributed by atoms with Gasteiger partial charge in [0.25, 0.3) is 0 Å². The molecule has 0 spiro atoms. The van der Waals surface area contributed by atoms with Gasteiger partial charge in [-0.1, -0.05) is 30.3 Å². The fourth-order valence-electron chi connectivity index (χ4n) is 5.58. The molecule has 36 heavy (non-hydrogen) atoms. The highest BCUT2D eigenvalue weighted by atomic mass is 32.2. The number of hydrogen-bond donors (Lipinski definition) is 1. The van der Waals surface area contributed by atoms with Gasteiger partial charge < -0.3 is 9.88 Å². The van der Waals surface area contributed by atoms with Crippen LogP contribution in [0.3, 0.4) is 0 Å². The smallest absolute Gasteiger partial charge is 0.214 e. The van der Waals surface area contributed by atoms with Gasteiger partial charge in [-0.05, 0) is 49.7 Å². The SMILES string of the molecule is CN(c1ncnc2[nH]ccc12)[C@H]1CC[C@H](CS(=O)(=O)N2CCC(S(=O)(=O)Cc3ccccc3)C2)CC1. The Kier molecular flexibility index (Phi) is 7.06. The first-order valence-corrected chi connectivity index (χ1v) is 15.8. The molecule has 3 aromatic rings. The van der Waals surface area contributed by atoms with Crippen molar-refractivity contribution >= 4 is 36.7 Å². The minimum atomic E-state index is -3.51. The maximum Gasteiger partial charge on any atom is 0.214 e. The van der Waals surface area contributed by atoms with Crippen molar-refractivity contribution in [3.05, 3.63) is 54.5 Å². The summed E-state index contributed by atoms with van der Waals surface area (Å²) in [5.41, 5.74) is 1.54. The van der Waals surface area contributed by atoms with E-state index in [0.717, 1.165) is 48.1 Å². The molecule has 1 atom stereocenters. The van der Waals surface area contributed by atoms with Crippen LogP contribution in [0.15, 0.2) is 48.9 Å². The lowest BCUT2D eigenvalue weighted by atomic mass is 9.86. The van der Waals surface area contributed by atoms with Crippen LogP contribution in [0.1, 0.15) is 37.7 Å². The quantitative estimate of drug-likeness (QED) is 0.475. The number of rotatable bonds is 8. The Bertz CT molecular complexity index is 1400. The summed E-state index contributed by atoms with van der Waals surface area (Å²) in [5, 5.41) is 0.338. The van der Waals surface area contributed by atoms with Crippen LogP contribution in [0.5, 0.6) is 0 Å². The topological polar surface area (TPSA) is 116 Å². The van der Waals surface area contributed by atoms with E-state index in [9.17, 15) is 16.8 Å². The standard InChI is InChI=1S/C25H33N5O4S2/c1-29(25-23-11-13-26-24(23)27-18-28-25)21-9-7-20(8-10-21)17-36(33,34)30-14-12-22(15-30)35(31,32)16-19-5-3-2-4-6-19/h2-6,11,13,18,20-22H,7-10,12,14-17H2,1H3,(H,26,27,28)/t20-,21-,22?. The van der Waals surface area contributed by atoms with Crippen molar-refractivity contribution in [2.45, 2.75) is 49.1 Å². The van der Waals surface area contributed by atoms with E-state index in [2.05, 4.69) is 19.9 Å². The van der Waals surface area contributed by atoms with Crippen LogP contribution in [-0.2, 0) is 25.6 Å². The first-order chi connectivity index (χ1) is 17.2. The van der Waals surface area contributed by atoms with Crippen LogP contribution in [0.4, 0.5) is 5.82 Å². The van der Waals surface area contributed by atoms with E-state index in [1.165, 1.54) is 4.31 Å². The molecule has 0 radical (unpaired) electrons. The predicted octanol–water partition coefficient (Wildman–Crippen LogP) is 2.97. The minimum absolute atomic E-state index is 0.0503. The van der Waals surface area contributed by atoms with E-state index in [-0.39, 0.29) is 36.6 Å². The van der Waals surface area contributed by atoms with E-state index >= 15 is 0 Å². The number of H-pyrrole nitrogens is 1. The van der Waals surface area contributed by atoms with Crippen molar-refractivity contribution in [2.24, 2.45) is 5.92 Å². The normalized spacial score (nSPS) is 23.8. The van der Waals surface area contributed by atoms with Crippen molar-refractivity contribution in [3.63, 3.8) is 0 Å². The van der Waals surface area contributed by atoms with Crippen LogP contribution < -0.4 is 4.90 Å². The second-order valence-electron chi connectivity index (χ2n) is 10.1. The van der Waals surface area contributed by atoms with Gasteiger partial charge in [0.2, 0.25) is 10.0 Å². The molecule has 11 heteroatoms. The highest BCUT2D eigenvalue weighted by molar-refractivity contribution is 7.91. The van der Waals surface area contributed by atoms with Gasteiger partial charge in [0.1, 0.15) is 17.8 Å². The van der Waals surface area contributed by atoms with Gasteiger partial charge in [-0.25, -0.2) is 31.1 Å². The Morgan fingerprint density at radius 2 is 1.75 bits per heavy atom. The van der Waals surface area contributed by atoms with Crippen molar-refractivity contribution in [2.75, 3.05) is 30.8 Å². The highest BCUT2D eigenvalue weighted by Gasteiger charge is 2.39. The zero-order chi connectivity index (χ0) is 25.3. The van der Waals surface area contributed by atoms with E-state index in [1.807, 2.05) is 37.5 Å². The summed E-state index contributed by atoms with van der Waals surface area (Å²) in [5.74, 6) is 1.00. The molecule has 2 aromatic heterocycles. The Morgan fingerprint density at radius 1 is 1.00 bits per heavy atom. The fraction of sp³-hybridized carbons (Fsp3) is 0.520. The fourth-order valence-corrected chi connectivity index (χ4v) is 9.37. The molecule has 2 fully saturated rings. The minimum Gasteiger partial charge on any atom is -0.356 e. The summed E-state index contributed by atoms with van der Waals surface area (Å²) in [7, 11) is -4.89. The lowest BCUT2D eigenvalue weighted by Gasteiger charge is -2.35. The molecule has 1 unspecified atom stereocenters. The number of benzene rings is 1. The highest BCUT2D eigenvalue weighted by Crippen LogP contribution is 2.33. The van der Waals surface area contributed by atoms with E-state index in [0.29, 0.717) is 6.42 Å². The van der Waals surface area contributed by atoms with Crippen LogP contribution in [0.2, 0.25) is 0 Å². The number of hydrogen-bond acceptors (Lipinski definition) is 7. The third kappa shape index (κ3) is 5.28. The van der Waals surface area contributed by atoms with Gasteiger partial charge in [-0.3, -0.25) is 0 Å². The summed E-state index contributed by atoms with van der Waals surface area (Å²) in [6.45, 7) is 0.343. The summed E-state index contributed by atoms with van der Waals surface area (Å²) >= 11 is 0. The summed E-state index contributed by atoms with van der Waals surface area (Å²) < 4.78 is 53.6. The second kappa shape index (κ2) is 10.1. The Hall–Kier alpha value is -2.50. The molecular weight excluding hydrogens is 498 g/mol.